The Morgan fingerprint density at radius 1 is 1.44 bits per heavy atom. The molecule has 0 aliphatic rings. The van der Waals surface area contributed by atoms with Crippen LogP contribution in [0.3, 0.4) is 0 Å². The first-order valence-electron chi connectivity index (χ1n) is 5.69. The molecule has 0 radical (unpaired) electrons. The van der Waals surface area contributed by atoms with Crippen molar-refractivity contribution in [1.82, 2.24) is 0 Å². The van der Waals surface area contributed by atoms with E-state index in [9.17, 15) is 0 Å². The van der Waals surface area contributed by atoms with Gasteiger partial charge in [-0.2, -0.15) is 0 Å². The quantitative estimate of drug-likeness (QED) is 0.891. The van der Waals surface area contributed by atoms with Crippen LogP contribution in [0.15, 0.2) is 22.7 Å². The number of halogens is 1. The molecule has 0 fully saturated rings. The molecular weight excluding hydrogens is 266 g/mol. The van der Waals surface area contributed by atoms with Crippen LogP contribution in [0.4, 0.5) is 0 Å². The predicted molar refractivity (Wildman–Crippen MR) is 71.7 cm³/mol. The summed E-state index contributed by atoms with van der Waals surface area (Å²) < 4.78 is 6.38. The van der Waals surface area contributed by atoms with E-state index in [0.717, 1.165) is 28.6 Å². The summed E-state index contributed by atoms with van der Waals surface area (Å²) in [6.45, 7) is 4.37. The molecule has 1 aromatic rings. The van der Waals surface area contributed by atoms with Crippen molar-refractivity contribution in [3.05, 3.63) is 28.2 Å². The Labute approximate surface area is 106 Å². The number of nitrogens with two attached hydrogens (primary N) is 1. The Bertz CT molecular complexity index is 341. The second-order valence-corrected chi connectivity index (χ2v) is 5.09. The monoisotopic (exact) mass is 285 g/mol. The van der Waals surface area contributed by atoms with Gasteiger partial charge in [-0.1, -0.05) is 42.3 Å². The van der Waals surface area contributed by atoms with Crippen LogP contribution in [0.1, 0.15) is 38.3 Å². The molecule has 3 heteroatoms. The second-order valence-electron chi connectivity index (χ2n) is 4.18. The maximum absolute atomic E-state index is 6.26. The van der Waals surface area contributed by atoms with Gasteiger partial charge in [0.15, 0.2) is 0 Å². The third kappa shape index (κ3) is 3.22. The lowest BCUT2D eigenvalue weighted by atomic mass is 9.91. The van der Waals surface area contributed by atoms with E-state index in [1.165, 1.54) is 0 Å². The van der Waals surface area contributed by atoms with Gasteiger partial charge < -0.3 is 10.5 Å². The molecule has 0 saturated carbocycles. The summed E-state index contributed by atoms with van der Waals surface area (Å²) in [5.41, 5.74) is 7.35. The summed E-state index contributed by atoms with van der Waals surface area (Å²) >= 11 is 3.43. The zero-order valence-electron chi connectivity index (χ0n) is 10.2. The zero-order valence-corrected chi connectivity index (χ0v) is 11.8. The SMILES string of the molecule is CCCC(C)C(N)c1ccc(Br)cc1OC. The van der Waals surface area contributed by atoms with Crippen LogP contribution in [0.25, 0.3) is 0 Å². The lowest BCUT2D eigenvalue weighted by molar-refractivity contribution is 0.382. The average molecular weight is 286 g/mol. The fraction of sp³-hybridized carbons (Fsp3) is 0.538. The zero-order chi connectivity index (χ0) is 12.1. The van der Waals surface area contributed by atoms with E-state index in [0.29, 0.717) is 5.92 Å². The van der Waals surface area contributed by atoms with Crippen molar-refractivity contribution < 1.29 is 4.74 Å². The molecule has 0 amide bonds. The lowest BCUT2D eigenvalue weighted by Gasteiger charge is -2.22. The minimum absolute atomic E-state index is 0.0444. The Morgan fingerprint density at radius 3 is 2.69 bits per heavy atom. The van der Waals surface area contributed by atoms with Crippen LogP contribution >= 0.6 is 15.9 Å². The molecular formula is C13H20BrNO. The standard InChI is InChI=1S/C13H20BrNO/c1-4-5-9(2)13(15)11-7-6-10(14)8-12(11)16-3/h6-9,13H,4-5,15H2,1-3H3. The Balaban J connectivity index is 2.93. The van der Waals surface area contributed by atoms with Crippen LogP contribution in [0.5, 0.6) is 5.75 Å². The largest absolute Gasteiger partial charge is 0.496 e. The topological polar surface area (TPSA) is 35.2 Å². The molecule has 0 heterocycles. The summed E-state index contributed by atoms with van der Waals surface area (Å²) in [6.07, 6.45) is 2.30. The molecule has 90 valence electrons. The molecule has 0 aromatic heterocycles. The molecule has 16 heavy (non-hydrogen) atoms. The second kappa shape index (κ2) is 6.26. The molecule has 2 N–H and O–H groups in total. The van der Waals surface area contributed by atoms with Gasteiger partial charge in [-0.05, 0) is 24.5 Å². The molecule has 0 spiro atoms. The molecule has 0 saturated heterocycles. The van der Waals surface area contributed by atoms with E-state index < -0.39 is 0 Å². The normalized spacial score (nSPS) is 14.6. The first kappa shape index (κ1) is 13.5. The van der Waals surface area contributed by atoms with Crippen LogP contribution in [-0.2, 0) is 0 Å². The Morgan fingerprint density at radius 2 is 2.12 bits per heavy atom. The van der Waals surface area contributed by atoms with E-state index in [4.69, 9.17) is 10.5 Å². The van der Waals surface area contributed by atoms with E-state index in [-0.39, 0.29) is 6.04 Å². The number of benzene rings is 1. The van der Waals surface area contributed by atoms with Crippen molar-refractivity contribution in [2.75, 3.05) is 7.11 Å². The van der Waals surface area contributed by atoms with E-state index >= 15 is 0 Å². The summed E-state index contributed by atoms with van der Waals surface area (Å²) in [5.74, 6) is 1.34. The van der Waals surface area contributed by atoms with Crippen LogP contribution in [0.2, 0.25) is 0 Å². The van der Waals surface area contributed by atoms with Gasteiger partial charge in [0, 0.05) is 16.1 Å². The summed E-state index contributed by atoms with van der Waals surface area (Å²) in [6, 6.07) is 6.06. The summed E-state index contributed by atoms with van der Waals surface area (Å²) in [4.78, 5) is 0. The molecule has 2 nitrogen and oxygen atoms in total. The summed E-state index contributed by atoms with van der Waals surface area (Å²) in [7, 11) is 1.68. The minimum Gasteiger partial charge on any atom is -0.496 e. The highest BCUT2D eigenvalue weighted by Gasteiger charge is 2.17. The van der Waals surface area contributed by atoms with Gasteiger partial charge in [0.25, 0.3) is 0 Å². The summed E-state index contributed by atoms with van der Waals surface area (Å²) in [5, 5.41) is 0. The molecule has 2 atom stereocenters. The molecule has 0 bridgehead atoms. The molecule has 1 rings (SSSR count). The number of ether oxygens (including phenoxy) is 1. The van der Waals surface area contributed by atoms with Crippen LogP contribution in [-0.4, -0.2) is 7.11 Å². The van der Waals surface area contributed by atoms with Crippen molar-refractivity contribution >= 4 is 15.9 Å². The highest BCUT2D eigenvalue weighted by molar-refractivity contribution is 9.10. The number of hydrogen-bond acceptors (Lipinski definition) is 2. The van der Waals surface area contributed by atoms with Crippen molar-refractivity contribution in [2.24, 2.45) is 11.7 Å². The Kier molecular flexibility index (Phi) is 5.29. The molecule has 1 aromatic carbocycles. The van der Waals surface area contributed by atoms with Crippen LogP contribution in [0, 0.1) is 5.92 Å². The highest BCUT2D eigenvalue weighted by Crippen LogP contribution is 2.32. The van der Waals surface area contributed by atoms with Gasteiger partial charge in [0.05, 0.1) is 7.11 Å². The fourth-order valence-electron chi connectivity index (χ4n) is 1.90. The fourth-order valence-corrected chi connectivity index (χ4v) is 2.24. The number of methoxy groups -OCH3 is 1. The van der Waals surface area contributed by atoms with Crippen molar-refractivity contribution in [2.45, 2.75) is 32.7 Å². The van der Waals surface area contributed by atoms with E-state index in [1.807, 2.05) is 18.2 Å². The van der Waals surface area contributed by atoms with Crippen molar-refractivity contribution in [3.8, 4) is 5.75 Å². The van der Waals surface area contributed by atoms with Crippen molar-refractivity contribution in [3.63, 3.8) is 0 Å². The van der Waals surface area contributed by atoms with Gasteiger partial charge in [0.2, 0.25) is 0 Å². The molecule has 0 aliphatic heterocycles. The van der Waals surface area contributed by atoms with Gasteiger partial charge in [-0.25, -0.2) is 0 Å². The maximum atomic E-state index is 6.26. The third-order valence-electron chi connectivity index (χ3n) is 2.91. The number of rotatable bonds is 5. The van der Waals surface area contributed by atoms with E-state index in [2.05, 4.69) is 29.8 Å². The van der Waals surface area contributed by atoms with E-state index in [1.54, 1.807) is 7.11 Å². The highest BCUT2D eigenvalue weighted by atomic mass is 79.9. The Hall–Kier alpha value is -0.540. The minimum atomic E-state index is 0.0444. The van der Waals surface area contributed by atoms with Gasteiger partial charge in [-0.3, -0.25) is 0 Å². The van der Waals surface area contributed by atoms with Crippen molar-refractivity contribution in [1.29, 1.82) is 0 Å². The molecule has 0 aliphatic carbocycles. The lowest BCUT2D eigenvalue weighted by Crippen LogP contribution is -2.19. The number of hydrogen-bond donors (Lipinski definition) is 1. The maximum Gasteiger partial charge on any atom is 0.124 e. The smallest absolute Gasteiger partial charge is 0.124 e. The van der Waals surface area contributed by atoms with Gasteiger partial charge in [0.1, 0.15) is 5.75 Å². The predicted octanol–water partition coefficient (Wildman–Crippen LogP) is 3.89. The van der Waals surface area contributed by atoms with Crippen LogP contribution < -0.4 is 10.5 Å². The molecule has 2 unspecified atom stereocenters. The average Bonchev–Trinajstić information content (AvgIpc) is 2.28. The van der Waals surface area contributed by atoms with Gasteiger partial charge in [-0.15, -0.1) is 0 Å². The van der Waals surface area contributed by atoms with Gasteiger partial charge >= 0.3 is 0 Å². The third-order valence-corrected chi connectivity index (χ3v) is 3.40. The first-order chi connectivity index (χ1) is 7.60. The first-order valence-corrected chi connectivity index (χ1v) is 6.48.